The molecule has 106 valence electrons. The fourth-order valence-corrected chi connectivity index (χ4v) is 2.29. The van der Waals surface area contributed by atoms with E-state index < -0.39 is 6.03 Å². The molecule has 0 aliphatic rings. The van der Waals surface area contributed by atoms with Crippen LogP contribution in [0.4, 0.5) is 4.79 Å². The molecule has 0 spiro atoms. The molecule has 3 amide bonds. The first-order valence-corrected chi connectivity index (χ1v) is 7.02. The Morgan fingerprint density at radius 2 is 2.20 bits per heavy atom. The largest absolute Gasteiger partial charge is 0.333 e. The summed E-state index contributed by atoms with van der Waals surface area (Å²) < 4.78 is 1.71. The van der Waals surface area contributed by atoms with Crippen molar-refractivity contribution in [2.75, 3.05) is 0 Å². The van der Waals surface area contributed by atoms with Crippen LogP contribution < -0.4 is 10.6 Å². The molecule has 0 atom stereocenters. The van der Waals surface area contributed by atoms with Gasteiger partial charge in [0.25, 0.3) is 0 Å². The van der Waals surface area contributed by atoms with Crippen LogP contribution in [0.2, 0.25) is 0 Å². The number of carbonyl (C=O) groups is 2. The summed E-state index contributed by atoms with van der Waals surface area (Å²) in [6.45, 7) is 4.25. The molecular formula is C13H16N4O2S. The lowest BCUT2D eigenvalue weighted by Gasteiger charge is -2.07. The number of amides is 3. The van der Waals surface area contributed by atoms with Gasteiger partial charge < -0.3 is 9.88 Å². The molecule has 2 N–H and O–H groups in total. The predicted molar refractivity (Wildman–Crippen MR) is 76.4 cm³/mol. The maximum atomic E-state index is 11.7. The van der Waals surface area contributed by atoms with Gasteiger partial charge in [-0.1, -0.05) is 6.07 Å². The van der Waals surface area contributed by atoms with Crippen molar-refractivity contribution in [3.63, 3.8) is 0 Å². The number of carbonyl (C=O) groups excluding carboxylic acids is 2. The van der Waals surface area contributed by atoms with Crippen LogP contribution in [-0.4, -0.2) is 21.5 Å². The first kappa shape index (κ1) is 14.3. The summed E-state index contributed by atoms with van der Waals surface area (Å²) in [6, 6.07) is 3.34. The number of nitrogens with one attached hydrogen (secondary N) is 2. The van der Waals surface area contributed by atoms with E-state index in [2.05, 4.69) is 15.6 Å². The Labute approximate surface area is 120 Å². The Hall–Kier alpha value is -2.15. The standard InChI is InChI=1S/C13H16N4O2S/c1-9-10(2)17(8-15-9)7-12(18)16-13(19)14-6-11-4-3-5-20-11/h3-5,8H,6-7H2,1-2H3,(H2,14,16,18,19). The molecule has 0 saturated heterocycles. The van der Waals surface area contributed by atoms with Crippen LogP contribution in [0.3, 0.4) is 0 Å². The van der Waals surface area contributed by atoms with E-state index in [-0.39, 0.29) is 12.5 Å². The minimum atomic E-state index is -0.488. The highest BCUT2D eigenvalue weighted by atomic mass is 32.1. The summed E-state index contributed by atoms with van der Waals surface area (Å²) in [6.07, 6.45) is 1.59. The first-order chi connectivity index (χ1) is 9.56. The normalized spacial score (nSPS) is 10.3. The number of thiophene rings is 1. The number of hydrogen-bond donors (Lipinski definition) is 2. The van der Waals surface area contributed by atoms with Crippen LogP contribution in [0, 0.1) is 13.8 Å². The fourth-order valence-electron chi connectivity index (χ4n) is 1.65. The molecular weight excluding hydrogens is 276 g/mol. The van der Waals surface area contributed by atoms with Crippen molar-refractivity contribution in [1.29, 1.82) is 0 Å². The van der Waals surface area contributed by atoms with Crippen LogP contribution in [-0.2, 0) is 17.9 Å². The zero-order chi connectivity index (χ0) is 14.5. The van der Waals surface area contributed by atoms with Crippen molar-refractivity contribution in [3.8, 4) is 0 Å². The molecule has 2 heterocycles. The molecule has 0 bridgehead atoms. The monoisotopic (exact) mass is 292 g/mol. The number of nitrogens with zero attached hydrogens (tertiary/aromatic N) is 2. The van der Waals surface area contributed by atoms with Crippen LogP contribution in [0.25, 0.3) is 0 Å². The third-order valence-electron chi connectivity index (χ3n) is 2.92. The van der Waals surface area contributed by atoms with Crippen molar-refractivity contribution in [2.45, 2.75) is 26.9 Å². The maximum absolute atomic E-state index is 11.7. The second-order valence-corrected chi connectivity index (χ2v) is 5.39. The molecule has 7 heteroatoms. The highest BCUT2D eigenvalue weighted by molar-refractivity contribution is 7.09. The number of imide groups is 1. The Balaban J connectivity index is 1.79. The average Bonchev–Trinajstić information content (AvgIpc) is 3.02. The maximum Gasteiger partial charge on any atom is 0.321 e. The van der Waals surface area contributed by atoms with E-state index in [1.165, 1.54) is 0 Å². The van der Waals surface area contributed by atoms with Gasteiger partial charge in [0, 0.05) is 10.6 Å². The Morgan fingerprint density at radius 1 is 1.40 bits per heavy atom. The van der Waals surface area contributed by atoms with Crippen LogP contribution in [0.15, 0.2) is 23.8 Å². The van der Waals surface area contributed by atoms with Crippen LogP contribution in [0.1, 0.15) is 16.3 Å². The number of hydrogen-bond acceptors (Lipinski definition) is 4. The SMILES string of the molecule is Cc1ncn(CC(=O)NC(=O)NCc2cccs2)c1C. The van der Waals surface area contributed by atoms with Crippen molar-refractivity contribution < 1.29 is 9.59 Å². The number of aromatic nitrogens is 2. The van der Waals surface area contributed by atoms with Crippen LogP contribution >= 0.6 is 11.3 Å². The zero-order valence-corrected chi connectivity index (χ0v) is 12.2. The minimum Gasteiger partial charge on any atom is -0.333 e. The van der Waals surface area contributed by atoms with E-state index in [0.29, 0.717) is 6.54 Å². The lowest BCUT2D eigenvalue weighted by atomic mass is 10.4. The quantitative estimate of drug-likeness (QED) is 0.898. The fraction of sp³-hybridized carbons (Fsp3) is 0.308. The molecule has 2 rings (SSSR count). The van der Waals surface area contributed by atoms with E-state index in [4.69, 9.17) is 0 Å². The molecule has 0 aliphatic heterocycles. The summed E-state index contributed by atoms with van der Waals surface area (Å²) in [4.78, 5) is 28.4. The minimum absolute atomic E-state index is 0.0824. The van der Waals surface area contributed by atoms with Crippen molar-refractivity contribution in [3.05, 3.63) is 40.1 Å². The summed E-state index contributed by atoms with van der Waals surface area (Å²) in [5, 5.41) is 6.87. The molecule has 2 aromatic heterocycles. The van der Waals surface area contributed by atoms with E-state index in [1.54, 1.807) is 22.2 Å². The summed E-state index contributed by atoms with van der Waals surface area (Å²) in [5.74, 6) is -0.367. The third-order valence-corrected chi connectivity index (χ3v) is 3.79. The van der Waals surface area contributed by atoms with Gasteiger partial charge in [-0.3, -0.25) is 10.1 Å². The topological polar surface area (TPSA) is 76.0 Å². The molecule has 0 fully saturated rings. The molecule has 0 aromatic carbocycles. The van der Waals surface area contributed by atoms with Gasteiger partial charge >= 0.3 is 6.03 Å². The third kappa shape index (κ3) is 3.67. The predicted octanol–water partition coefficient (Wildman–Crippen LogP) is 1.59. The van der Waals surface area contributed by atoms with Gasteiger partial charge in [-0.15, -0.1) is 11.3 Å². The second-order valence-electron chi connectivity index (χ2n) is 4.35. The highest BCUT2D eigenvalue weighted by Gasteiger charge is 2.10. The van der Waals surface area contributed by atoms with E-state index in [1.807, 2.05) is 31.4 Å². The van der Waals surface area contributed by atoms with E-state index in [0.717, 1.165) is 16.3 Å². The van der Waals surface area contributed by atoms with E-state index >= 15 is 0 Å². The van der Waals surface area contributed by atoms with Gasteiger partial charge in [-0.25, -0.2) is 9.78 Å². The number of rotatable bonds is 4. The molecule has 0 unspecified atom stereocenters. The Kier molecular flexibility index (Phi) is 4.52. The molecule has 2 aromatic rings. The van der Waals surface area contributed by atoms with Gasteiger partial charge in [-0.2, -0.15) is 0 Å². The van der Waals surface area contributed by atoms with E-state index in [9.17, 15) is 9.59 Å². The Bertz CT molecular complexity index is 604. The van der Waals surface area contributed by atoms with Crippen molar-refractivity contribution >= 4 is 23.3 Å². The first-order valence-electron chi connectivity index (χ1n) is 6.14. The average molecular weight is 292 g/mol. The highest BCUT2D eigenvalue weighted by Crippen LogP contribution is 2.07. The number of aryl methyl sites for hydroxylation is 1. The zero-order valence-electron chi connectivity index (χ0n) is 11.3. The summed E-state index contributed by atoms with van der Waals surface area (Å²) in [7, 11) is 0. The van der Waals surface area contributed by atoms with Gasteiger partial charge in [0.2, 0.25) is 5.91 Å². The number of imidazole rings is 1. The molecule has 6 nitrogen and oxygen atoms in total. The van der Waals surface area contributed by atoms with Gasteiger partial charge in [0.05, 0.1) is 18.6 Å². The van der Waals surface area contributed by atoms with Crippen LogP contribution in [0.5, 0.6) is 0 Å². The van der Waals surface area contributed by atoms with Crippen molar-refractivity contribution in [1.82, 2.24) is 20.2 Å². The molecule has 0 saturated carbocycles. The molecule has 0 aliphatic carbocycles. The second kappa shape index (κ2) is 6.33. The van der Waals surface area contributed by atoms with Gasteiger partial charge in [0.1, 0.15) is 6.54 Å². The molecule has 20 heavy (non-hydrogen) atoms. The lowest BCUT2D eigenvalue weighted by molar-refractivity contribution is -0.120. The Morgan fingerprint density at radius 3 is 2.80 bits per heavy atom. The van der Waals surface area contributed by atoms with Crippen molar-refractivity contribution in [2.24, 2.45) is 0 Å². The summed E-state index contributed by atoms with van der Waals surface area (Å²) >= 11 is 1.55. The van der Waals surface area contributed by atoms with Gasteiger partial charge in [-0.05, 0) is 25.3 Å². The smallest absolute Gasteiger partial charge is 0.321 e. The lowest BCUT2D eigenvalue weighted by Crippen LogP contribution is -2.40. The summed E-state index contributed by atoms with van der Waals surface area (Å²) in [5.41, 5.74) is 1.79. The molecule has 0 radical (unpaired) electrons. The van der Waals surface area contributed by atoms with Gasteiger partial charge in [0.15, 0.2) is 0 Å². The number of urea groups is 1.